The van der Waals surface area contributed by atoms with E-state index >= 15 is 4.39 Å². The largest absolute Gasteiger partial charge is 0.464 e. The van der Waals surface area contributed by atoms with E-state index in [-0.39, 0.29) is 30.7 Å². The maximum absolute atomic E-state index is 15.1. The molecule has 3 atom stereocenters. The summed E-state index contributed by atoms with van der Waals surface area (Å²) in [5.74, 6) is -0.413. The standard InChI is InChI=1S/C23H33FN5O5/c1-22(2,3)33-21(31)29-18-4-5-19(34-29)23(18)7-10-26(11-8-23)17-6-9-27(14-16(17)24)28-13-15(12-25)32-20(28)30/h6,9,14-15,18-19H,4-5,7-8,10-13,25H2,1-3H3/q+1/t15-,18?,19?/m0/s1. The number of hydrogen-bond acceptors (Lipinski definition) is 7. The highest BCUT2D eigenvalue weighted by Gasteiger charge is 2.62. The molecule has 2 N–H and O–H groups in total. The molecule has 0 aromatic carbocycles. The van der Waals surface area contributed by atoms with Crippen molar-refractivity contribution in [3.63, 3.8) is 0 Å². The first kappa shape index (κ1) is 23.1. The van der Waals surface area contributed by atoms with E-state index in [1.54, 1.807) is 12.3 Å². The summed E-state index contributed by atoms with van der Waals surface area (Å²) in [5, 5.41) is 2.78. The average Bonchev–Trinajstić information content (AvgIpc) is 3.42. The van der Waals surface area contributed by atoms with Crippen molar-refractivity contribution in [3.05, 3.63) is 24.3 Å². The third kappa shape index (κ3) is 3.84. The fourth-order valence-electron chi connectivity index (χ4n) is 5.79. The van der Waals surface area contributed by atoms with Gasteiger partial charge < -0.3 is 20.1 Å². The number of nitrogens with zero attached hydrogens (tertiary/aromatic N) is 4. The Kier molecular flexibility index (Phi) is 5.59. The lowest BCUT2D eigenvalue weighted by Crippen LogP contribution is -2.58. The summed E-state index contributed by atoms with van der Waals surface area (Å²) in [6.45, 7) is 7.33. The van der Waals surface area contributed by atoms with Crippen LogP contribution in [-0.4, -0.2) is 67.3 Å². The molecule has 4 heterocycles. The molecule has 2 bridgehead atoms. The van der Waals surface area contributed by atoms with Gasteiger partial charge in [-0.15, -0.1) is 0 Å². The molecule has 3 saturated heterocycles. The van der Waals surface area contributed by atoms with Crippen molar-refractivity contribution < 1.29 is 33.0 Å². The van der Waals surface area contributed by atoms with Gasteiger partial charge in [0, 0.05) is 31.1 Å². The Bertz CT molecular complexity index is 977. The van der Waals surface area contributed by atoms with Gasteiger partial charge in [-0.1, -0.05) is 9.69 Å². The lowest BCUT2D eigenvalue weighted by Gasteiger charge is -2.41. The zero-order valence-electron chi connectivity index (χ0n) is 19.9. The molecule has 5 rings (SSSR count). The Labute approximate surface area is 198 Å². The molecule has 4 fully saturated rings. The molecule has 1 spiro atoms. The van der Waals surface area contributed by atoms with Crippen LogP contribution in [0.4, 0.5) is 19.7 Å². The second kappa shape index (κ2) is 8.23. The number of nitrogens with two attached hydrogens (primary N) is 1. The van der Waals surface area contributed by atoms with Gasteiger partial charge in [-0.2, -0.15) is 9.45 Å². The van der Waals surface area contributed by atoms with Crippen molar-refractivity contribution in [1.29, 1.82) is 0 Å². The van der Waals surface area contributed by atoms with Crippen LogP contribution in [-0.2, 0) is 14.3 Å². The summed E-state index contributed by atoms with van der Waals surface area (Å²) in [4.78, 5) is 32.8. The molecule has 2 unspecified atom stereocenters. The quantitative estimate of drug-likeness (QED) is 0.662. The summed E-state index contributed by atoms with van der Waals surface area (Å²) in [7, 11) is 0. The smallest absolute Gasteiger partial charge is 0.442 e. The number of carbonyl (C=O) groups is 2. The highest BCUT2D eigenvalue weighted by atomic mass is 19.1. The van der Waals surface area contributed by atoms with Gasteiger partial charge in [0.15, 0.2) is 0 Å². The molecular weight excluding hydrogens is 445 g/mol. The number of halogens is 1. The van der Waals surface area contributed by atoms with Gasteiger partial charge in [-0.25, -0.2) is 9.59 Å². The number of hydroxylamine groups is 2. The summed E-state index contributed by atoms with van der Waals surface area (Å²) in [6, 6.07) is 1.66. The van der Waals surface area contributed by atoms with E-state index in [4.69, 9.17) is 20.0 Å². The van der Waals surface area contributed by atoms with E-state index in [1.807, 2.05) is 25.7 Å². The molecule has 34 heavy (non-hydrogen) atoms. The second-order valence-electron chi connectivity index (χ2n) is 10.6. The number of aromatic nitrogens is 1. The van der Waals surface area contributed by atoms with Crippen LogP contribution in [0.2, 0.25) is 0 Å². The zero-order valence-corrected chi connectivity index (χ0v) is 19.9. The monoisotopic (exact) mass is 478 g/mol. The Balaban J connectivity index is 1.26. The third-order valence-electron chi connectivity index (χ3n) is 7.41. The first-order chi connectivity index (χ1) is 16.1. The average molecular weight is 479 g/mol. The van der Waals surface area contributed by atoms with E-state index in [1.165, 1.54) is 20.9 Å². The van der Waals surface area contributed by atoms with E-state index < -0.39 is 29.7 Å². The molecule has 1 aliphatic carbocycles. The topological polar surface area (TPSA) is 101 Å². The van der Waals surface area contributed by atoms with Crippen molar-refractivity contribution in [3.8, 4) is 0 Å². The molecule has 4 aliphatic rings. The van der Waals surface area contributed by atoms with Crippen LogP contribution in [0.3, 0.4) is 0 Å². The summed E-state index contributed by atoms with van der Waals surface area (Å²) in [5.41, 5.74) is 5.36. The highest BCUT2D eigenvalue weighted by molar-refractivity contribution is 5.78. The van der Waals surface area contributed by atoms with E-state index in [9.17, 15) is 9.59 Å². The van der Waals surface area contributed by atoms with Crippen LogP contribution in [0, 0.1) is 11.2 Å². The Hall–Kier alpha value is -2.66. The third-order valence-corrected chi connectivity index (χ3v) is 7.41. The maximum atomic E-state index is 15.1. The van der Waals surface area contributed by atoms with Gasteiger partial charge in [0.1, 0.15) is 18.2 Å². The maximum Gasteiger partial charge on any atom is 0.464 e. The molecule has 0 radical (unpaired) electrons. The number of amides is 2. The molecule has 186 valence electrons. The fraction of sp³-hybridized carbons (Fsp3) is 0.696. The number of carbonyl (C=O) groups excluding carboxylic acids is 2. The number of pyridine rings is 1. The Morgan fingerprint density at radius 1 is 1.32 bits per heavy atom. The zero-order chi connectivity index (χ0) is 24.3. The van der Waals surface area contributed by atoms with Crippen molar-refractivity contribution in [1.82, 2.24) is 5.06 Å². The first-order valence-corrected chi connectivity index (χ1v) is 11.9. The number of anilines is 1. The minimum atomic E-state index is -0.586. The van der Waals surface area contributed by atoms with E-state index in [2.05, 4.69) is 0 Å². The number of hydrogen-bond donors (Lipinski definition) is 1. The van der Waals surface area contributed by atoms with Crippen molar-refractivity contribution >= 4 is 17.9 Å². The number of ether oxygens (including phenoxy) is 2. The van der Waals surface area contributed by atoms with Crippen LogP contribution in [0.1, 0.15) is 46.5 Å². The first-order valence-electron chi connectivity index (χ1n) is 11.9. The van der Waals surface area contributed by atoms with E-state index in [0.29, 0.717) is 18.8 Å². The summed E-state index contributed by atoms with van der Waals surface area (Å²) in [6.07, 6.45) is 4.97. The normalized spacial score (nSPS) is 28.1. The van der Waals surface area contributed by atoms with Crippen LogP contribution in [0.25, 0.3) is 0 Å². The molecule has 2 amide bonds. The van der Waals surface area contributed by atoms with Gasteiger partial charge in [-0.3, -0.25) is 4.84 Å². The number of piperidine rings is 1. The van der Waals surface area contributed by atoms with E-state index in [0.717, 1.165) is 25.7 Å². The molecule has 1 aromatic heterocycles. The minimum Gasteiger partial charge on any atom is -0.442 e. The van der Waals surface area contributed by atoms with Gasteiger partial charge in [0.25, 0.3) is 0 Å². The number of rotatable bonds is 3. The van der Waals surface area contributed by atoms with Crippen LogP contribution >= 0.6 is 0 Å². The lowest BCUT2D eigenvalue weighted by atomic mass is 9.73. The molecule has 10 nitrogen and oxygen atoms in total. The van der Waals surface area contributed by atoms with Crippen LogP contribution in [0.5, 0.6) is 0 Å². The molecule has 1 aromatic rings. The lowest BCUT2D eigenvalue weighted by molar-refractivity contribution is -0.682. The predicted molar refractivity (Wildman–Crippen MR) is 119 cm³/mol. The minimum absolute atomic E-state index is 0.0195. The molecular formula is C23H33FN5O5+. The summed E-state index contributed by atoms with van der Waals surface area (Å²) >= 11 is 0. The van der Waals surface area contributed by atoms with Crippen molar-refractivity contribution in [2.75, 3.05) is 36.1 Å². The molecule has 3 aliphatic heterocycles. The van der Waals surface area contributed by atoms with Gasteiger partial charge in [0.2, 0.25) is 18.2 Å². The van der Waals surface area contributed by atoms with Crippen molar-refractivity contribution in [2.45, 2.75) is 70.3 Å². The molecule has 1 saturated carbocycles. The predicted octanol–water partition coefficient (Wildman–Crippen LogP) is 1.83. The second-order valence-corrected chi connectivity index (χ2v) is 10.6. The highest BCUT2D eigenvalue weighted by Crippen LogP contribution is 2.55. The van der Waals surface area contributed by atoms with Crippen molar-refractivity contribution in [2.24, 2.45) is 11.1 Å². The van der Waals surface area contributed by atoms with Crippen LogP contribution in [0.15, 0.2) is 18.5 Å². The van der Waals surface area contributed by atoms with Gasteiger partial charge in [-0.05, 0) is 46.5 Å². The Morgan fingerprint density at radius 3 is 2.68 bits per heavy atom. The number of cyclic esters (lactones) is 1. The van der Waals surface area contributed by atoms with Gasteiger partial charge in [0.05, 0.1) is 17.8 Å². The Morgan fingerprint density at radius 2 is 2.06 bits per heavy atom. The van der Waals surface area contributed by atoms with Crippen LogP contribution < -0.4 is 20.3 Å². The SMILES string of the molecule is CC(C)(C)OC(=O)N1OC2CCC1C21CCN(c2cc[n+](N3C[C@H](CN)OC3=O)cc2F)CC1. The van der Waals surface area contributed by atoms with Gasteiger partial charge >= 0.3 is 12.2 Å². The summed E-state index contributed by atoms with van der Waals surface area (Å²) < 4.78 is 27.2. The molecule has 11 heteroatoms. The fourth-order valence-corrected chi connectivity index (χ4v) is 5.79.